The van der Waals surface area contributed by atoms with Crippen molar-refractivity contribution in [3.8, 4) is 0 Å². The van der Waals surface area contributed by atoms with Gasteiger partial charge in [0.1, 0.15) is 5.04 Å². The number of hydrogen-bond acceptors (Lipinski definition) is 6. The number of rotatable bonds is 5. The Bertz CT molecular complexity index is 334. The number of oxime groups is 1. The summed E-state index contributed by atoms with van der Waals surface area (Å²) < 4.78 is 3.78. The standard InChI is InChI=1S/C13H25N3O2S2/c1-5-16(12-9-7-6-8-10-12)20-15(3)13(17)18-14-11(2)19-4/h12H,5-10H2,1-4H3. The van der Waals surface area contributed by atoms with Crippen LogP contribution in [0.15, 0.2) is 5.16 Å². The first-order valence-corrected chi connectivity index (χ1v) is 9.02. The van der Waals surface area contributed by atoms with E-state index in [1.54, 1.807) is 7.05 Å². The number of carbonyl (C=O) groups excluding carboxylic acids is 1. The molecule has 1 fully saturated rings. The summed E-state index contributed by atoms with van der Waals surface area (Å²) in [4.78, 5) is 16.7. The molecule has 0 saturated heterocycles. The van der Waals surface area contributed by atoms with E-state index >= 15 is 0 Å². The SMILES string of the molecule is CCN(SN(C)C(=O)ON=C(C)SC)C1CCCCC1. The van der Waals surface area contributed by atoms with Gasteiger partial charge in [0.15, 0.2) is 0 Å². The van der Waals surface area contributed by atoms with Crippen LogP contribution in [0, 0.1) is 0 Å². The van der Waals surface area contributed by atoms with Crippen LogP contribution in [0.25, 0.3) is 0 Å². The third-order valence-corrected chi connectivity index (χ3v) is 5.15. The molecule has 20 heavy (non-hydrogen) atoms. The molecule has 0 aromatic heterocycles. The van der Waals surface area contributed by atoms with E-state index in [1.165, 1.54) is 60.3 Å². The van der Waals surface area contributed by atoms with E-state index < -0.39 is 6.09 Å². The molecule has 1 amide bonds. The van der Waals surface area contributed by atoms with Crippen LogP contribution >= 0.6 is 23.9 Å². The van der Waals surface area contributed by atoms with Crippen LogP contribution < -0.4 is 0 Å². The van der Waals surface area contributed by atoms with Gasteiger partial charge in [0.2, 0.25) is 0 Å². The summed E-state index contributed by atoms with van der Waals surface area (Å²) in [5, 5.41) is 4.50. The van der Waals surface area contributed by atoms with Gasteiger partial charge in [-0.05, 0) is 26.0 Å². The van der Waals surface area contributed by atoms with Gasteiger partial charge in [0.05, 0.1) is 0 Å². The maximum absolute atomic E-state index is 11.8. The molecule has 0 aromatic carbocycles. The maximum Gasteiger partial charge on any atom is 0.446 e. The number of carbonyl (C=O) groups is 1. The van der Waals surface area contributed by atoms with Gasteiger partial charge >= 0.3 is 6.09 Å². The van der Waals surface area contributed by atoms with Crippen molar-refractivity contribution in [1.82, 2.24) is 8.61 Å². The minimum Gasteiger partial charge on any atom is -0.296 e. The molecule has 116 valence electrons. The predicted molar refractivity (Wildman–Crippen MR) is 87.7 cm³/mol. The molecule has 1 aliphatic rings. The molecule has 0 radical (unpaired) electrons. The number of amides is 1. The van der Waals surface area contributed by atoms with Crippen molar-refractivity contribution < 1.29 is 9.63 Å². The fourth-order valence-electron chi connectivity index (χ4n) is 2.14. The van der Waals surface area contributed by atoms with E-state index in [0.717, 1.165) is 11.6 Å². The molecule has 0 heterocycles. The van der Waals surface area contributed by atoms with E-state index in [2.05, 4.69) is 16.4 Å². The summed E-state index contributed by atoms with van der Waals surface area (Å²) in [6, 6.07) is 0.561. The Labute approximate surface area is 130 Å². The largest absolute Gasteiger partial charge is 0.446 e. The van der Waals surface area contributed by atoms with Gasteiger partial charge in [-0.25, -0.2) is 13.4 Å². The Morgan fingerprint density at radius 2 is 2.00 bits per heavy atom. The second kappa shape index (κ2) is 9.52. The Kier molecular flexibility index (Phi) is 8.40. The van der Waals surface area contributed by atoms with Crippen molar-refractivity contribution in [1.29, 1.82) is 0 Å². The van der Waals surface area contributed by atoms with Crippen molar-refractivity contribution in [3.63, 3.8) is 0 Å². The smallest absolute Gasteiger partial charge is 0.296 e. The normalized spacial score (nSPS) is 17.4. The van der Waals surface area contributed by atoms with Crippen LogP contribution in [-0.4, -0.2) is 45.6 Å². The van der Waals surface area contributed by atoms with Crippen LogP contribution in [0.3, 0.4) is 0 Å². The zero-order valence-electron chi connectivity index (χ0n) is 12.8. The second-order valence-corrected chi connectivity index (χ2v) is 6.95. The van der Waals surface area contributed by atoms with Crippen LogP contribution in [0.5, 0.6) is 0 Å². The molecule has 0 aliphatic heterocycles. The highest BCUT2D eigenvalue weighted by molar-refractivity contribution is 8.13. The Hall–Kier alpha value is -0.400. The third kappa shape index (κ3) is 5.93. The molecule has 1 rings (SSSR count). The number of thioether (sulfide) groups is 1. The minimum absolute atomic E-state index is 0.433. The van der Waals surface area contributed by atoms with Crippen molar-refractivity contribution in [3.05, 3.63) is 0 Å². The highest BCUT2D eigenvalue weighted by Crippen LogP contribution is 2.28. The summed E-state index contributed by atoms with van der Waals surface area (Å²) in [5.41, 5.74) is 0. The van der Waals surface area contributed by atoms with Gasteiger partial charge in [0, 0.05) is 31.8 Å². The lowest BCUT2D eigenvalue weighted by molar-refractivity contribution is 0.135. The number of nitrogens with zero attached hydrogens (tertiary/aromatic N) is 3. The summed E-state index contributed by atoms with van der Waals surface area (Å²) in [6.07, 6.45) is 7.80. The predicted octanol–water partition coefficient (Wildman–Crippen LogP) is 3.97. The Morgan fingerprint density at radius 3 is 2.55 bits per heavy atom. The zero-order chi connectivity index (χ0) is 15.0. The van der Waals surface area contributed by atoms with E-state index in [0.29, 0.717) is 6.04 Å². The summed E-state index contributed by atoms with van der Waals surface area (Å²) in [7, 11) is 1.72. The molecule has 1 saturated carbocycles. The van der Waals surface area contributed by atoms with Gasteiger partial charge in [0.25, 0.3) is 0 Å². The van der Waals surface area contributed by atoms with Gasteiger partial charge < -0.3 is 0 Å². The number of hydrogen-bond donors (Lipinski definition) is 0. The van der Waals surface area contributed by atoms with E-state index in [-0.39, 0.29) is 0 Å². The summed E-state index contributed by atoms with van der Waals surface area (Å²) in [6.45, 7) is 4.85. The molecule has 0 unspecified atom stereocenters. The first kappa shape index (κ1) is 17.7. The van der Waals surface area contributed by atoms with Gasteiger partial charge in [-0.15, -0.1) is 11.8 Å². The fraction of sp³-hybridized carbons (Fsp3) is 0.846. The van der Waals surface area contributed by atoms with Crippen LogP contribution in [0.2, 0.25) is 0 Å². The maximum atomic E-state index is 11.8. The van der Waals surface area contributed by atoms with Crippen molar-refractivity contribution >= 4 is 35.0 Å². The van der Waals surface area contributed by atoms with Crippen LogP contribution in [0.1, 0.15) is 46.0 Å². The molecular formula is C13H25N3O2S2. The molecule has 0 N–H and O–H groups in total. The molecule has 1 aliphatic carbocycles. The highest BCUT2D eigenvalue weighted by atomic mass is 32.2. The molecule has 0 aromatic rings. The lowest BCUT2D eigenvalue weighted by atomic mass is 9.95. The summed E-state index contributed by atoms with van der Waals surface area (Å²) in [5.74, 6) is 0. The molecule has 0 atom stereocenters. The highest BCUT2D eigenvalue weighted by Gasteiger charge is 2.24. The van der Waals surface area contributed by atoms with E-state index in [1.807, 2.05) is 13.2 Å². The van der Waals surface area contributed by atoms with E-state index in [9.17, 15) is 4.79 Å². The van der Waals surface area contributed by atoms with Crippen molar-refractivity contribution in [2.24, 2.45) is 5.16 Å². The molecule has 0 bridgehead atoms. The molecule has 5 nitrogen and oxygen atoms in total. The quantitative estimate of drug-likeness (QED) is 0.252. The third-order valence-electron chi connectivity index (χ3n) is 3.33. The average molecular weight is 319 g/mol. The lowest BCUT2D eigenvalue weighted by Gasteiger charge is -2.33. The monoisotopic (exact) mass is 319 g/mol. The van der Waals surface area contributed by atoms with Gasteiger partial charge in [-0.1, -0.05) is 31.3 Å². The first-order chi connectivity index (χ1) is 9.58. The fourth-order valence-corrected chi connectivity index (χ4v) is 3.13. The van der Waals surface area contributed by atoms with Crippen molar-refractivity contribution in [2.75, 3.05) is 19.8 Å². The van der Waals surface area contributed by atoms with Gasteiger partial charge in [-0.2, -0.15) is 0 Å². The van der Waals surface area contributed by atoms with Crippen LogP contribution in [0.4, 0.5) is 4.79 Å². The summed E-state index contributed by atoms with van der Waals surface area (Å²) >= 11 is 2.89. The molecule has 0 spiro atoms. The van der Waals surface area contributed by atoms with Crippen LogP contribution in [-0.2, 0) is 4.84 Å². The molecule has 7 heteroatoms. The zero-order valence-corrected chi connectivity index (χ0v) is 14.4. The van der Waals surface area contributed by atoms with Crippen molar-refractivity contribution in [2.45, 2.75) is 52.0 Å². The minimum atomic E-state index is -0.433. The van der Waals surface area contributed by atoms with E-state index in [4.69, 9.17) is 4.84 Å². The van der Waals surface area contributed by atoms with Gasteiger partial charge in [-0.3, -0.25) is 4.84 Å². The molecular weight excluding hydrogens is 294 g/mol. The Balaban J connectivity index is 2.45. The first-order valence-electron chi connectivity index (χ1n) is 7.06. The topological polar surface area (TPSA) is 45.1 Å². The average Bonchev–Trinajstić information content (AvgIpc) is 2.50. The lowest BCUT2D eigenvalue weighted by Crippen LogP contribution is -2.35. The second-order valence-electron chi connectivity index (χ2n) is 4.78. The Morgan fingerprint density at radius 1 is 1.35 bits per heavy atom.